The minimum atomic E-state index is -0.302. The Balaban J connectivity index is 1.31. The predicted octanol–water partition coefficient (Wildman–Crippen LogP) is 10.5. The van der Waals surface area contributed by atoms with Gasteiger partial charge in [-0.2, -0.15) is 0 Å². The molecule has 3 heterocycles. The number of para-hydroxylation sites is 2. The quantitative estimate of drug-likeness (QED) is 0.232. The maximum atomic E-state index is 6.88. The van der Waals surface area contributed by atoms with Gasteiger partial charge in [-0.05, 0) is 47.5 Å². The highest BCUT2D eigenvalue weighted by atomic mass is 16.5. The van der Waals surface area contributed by atoms with Crippen LogP contribution in [0.4, 0.5) is 0 Å². The van der Waals surface area contributed by atoms with Crippen LogP contribution in [0.3, 0.4) is 0 Å². The van der Waals surface area contributed by atoms with Gasteiger partial charge in [-0.1, -0.05) is 105 Å². The molecule has 8 aromatic rings. The Labute approximate surface area is 243 Å². The van der Waals surface area contributed by atoms with E-state index < -0.39 is 0 Å². The van der Waals surface area contributed by atoms with Crippen molar-refractivity contribution in [3.8, 4) is 28.3 Å². The summed E-state index contributed by atoms with van der Waals surface area (Å²) < 4.78 is 9.31. The highest BCUT2D eigenvalue weighted by Crippen LogP contribution is 2.54. The molecule has 9 rings (SSSR count). The standard InChI is InChI=1S/C39H28N2O/c1-39(2)31-22-20-29-27-12-6-8-14-32(27)40-36(29)38(31)42-34-23-21-30-28-13-7-9-15-33(28)41(37(30)35(34)39)26-18-16-25(17-19-26)24-10-4-3-5-11-24/h3-23,40H,1-2H3. The maximum Gasteiger partial charge on any atom is 0.155 e. The molecule has 0 saturated heterocycles. The number of hydrogen-bond donors (Lipinski definition) is 1. The normalized spacial score (nSPS) is 13.9. The van der Waals surface area contributed by atoms with Crippen molar-refractivity contribution < 1.29 is 4.74 Å². The van der Waals surface area contributed by atoms with Gasteiger partial charge in [0.05, 0.1) is 16.6 Å². The average Bonchev–Trinajstić information content (AvgIpc) is 3.58. The van der Waals surface area contributed by atoms with Crippen LogP contribution in [-0.4, -0.2) is 9.55 Å². The molecule has 200 valence electrons. The van der Waals surface area contributed by atoms with Crippen LogP contribution in [0.15, 0.2) is 127 Å². The lowest BCUT2D eigenvalue weighted by Gasteiger charge is -2.35. The topological polar surface area (TPSA) is 29.9 Å². The lowest BCUT2D eigenvalue weighted by molar-refractivity contribution is 0.424. The van der Waals surface area contributed by atoms with Crippen molar-refractivity contribution >= 4 is 43.6 Å². The van der Waals surface area contributed by atoms with E-state index in [1.54, 1.807) is 0 Å². The monoisotopic (exact) mass is 540 g/mol. The molecule has 1 N–H and O–H groups in total. The third kappa shape index (κ3) is 3.11. The fraction of sp³-hybridized carbons (Fsp3) is 0.0769. The predicted molar refractivity (Wildman–Crippen MR) is 174 cm³/mol. The molecule has 0 spiro atoms. The number of nitrogens with zero attached hydrogens (tertiary/aromatic N) is 1. The Bertz CT molecular complexity index is 2340. The zero-order valence-corrected chi connectivity index (χ0v) is 23.5. The molecular weight excluding hydrogens is 512 g/mol. The smallest absolute Gasteiger partial charge is 0.155 e. The summed E-state index contributed by atoms with van der Waals surface area (Å²) in [5.41, 5.74) is 10.3. The van der Waals surface area contributed by atoms with Gasteiger partial charge in [0.15, 0.2) is 5.75 Å². The average molecular weight is 541 g/mol. The SMILES string of the molecule is CC1(C)c2ccc3c([nH]c4ccccc43)c2Oc2ccc3c4ccccc4n(-c4ccc(-c5ccccc5)cc4)c3c21. The number of benzene rings is 6. The molecule has 6 aromatic carbocycles. The second kappa shape index (κ2) is 8.37. The molecule has 0 saturated carbocycles. The molecule has 3 nitrogen and oxygen atoms in total. The first kappa shape index (κ1) is 23.4. The molecule has 1 aliphatic rings. The van der Waals surface area contributed by atoms with Crippen molar-refractivity contribution in [3.05, 3.63) is 139 Å². The summed E-state index contributed by atoms with van der Waals surface area (Å²) in [7, 11) is 0. The molecule has 0 aliphatic carbocycles. The van der Waals surface area contributed by atoms with Gasteiger partial charge in [-0.25, -0.2) is 0 Å². The summed E-state index contributed by atoms with van der Waals surface area (Å²) in [6.07, 6.45) is 0. The van der Waals surface area contributed by atoms with Gasteiger partial charge in [-0.3, -0.25) is 0 Å². The van der Waals surface area contributed by atoms with Gasteiger partial charge in [0.1, 0.15) is 5.75 Å². The second-order valence-electron chi connectivity index (χ2n) is 11.9. The molecular formula is C39H28N2O. The van der Waals surface area contributed by atoms with E-state index in [0.29, 0.717) is 0 Å². The number of hydrogen-bond acceptors (Lipinski definition) is 1. The highest BCUT2D eigenvalue weighted by molar-refractivity contribution is 6.13. The van der Waals surface area contributed by atoms with Gasteiger partial charge in [0.2, 0.25) is 0 Å². The zero-order chi connectivity index (χ0) is 28.0. The van der Waals surface area contributed by atoms with Gasteiger partial charge >= 0.3 is 0 Å². The zero-order valence-electron chi connectivity index (χ0n) is 23.5. The van der Waals surface area contributed by atoms with Crippen molar-refractivity contribution in [3.63, 3.8) is 0 Å². The molecule has 3 heteroatoms. The molecule has 42 heavy (non-hydrogen) atoms. The summed E-state index contributed by atoms with van der Waals surface area (Å²) in [6.45, 7) is 4.67. The lowest BCUT2D eigenvalue weighted by atomic mass is 9.74. The van der Waals surface area contributed by atoms with Crippen LogP contribution in [-0.2, 0) is 5.41 Å². The van der Waals surface area contributed by atoms with Crippen molar-refractivity contribution in [1.29, 1.82) is 0 Å². The van der Waals surface area contributed by atoms with Gasteiger partial charge in [0, 0.05) is 49.3 Å². The Morgan fingerprint density at radius 1 is 0.595 bits per heavy atom. The van der Waals surface area contributed by atoms with Crippen LogP contribution in [0.1, 0.15) is 25.0 Å². The van der Waals surface area contributed by atoms with Crippen LogP contribution in [0.5, 0.6) is 11.5 Å². The van der Waals surface area contributed by atoms with E-state index in [1.807, 2.05) is 0 Å². The third-order valence-electron chi connectivity index (χ3n) is 9.18. The van der Waals surface area contributed by atoms with E-state index >= 15 is 0 Å². The Morgan fingerprint density at radius 3 is 2.12 bits per heavy atom. The first-order chi connectivity index (χ1) is 20.6. The Hall–Kier alpha value is -5.28. The van der Waals surface area contributed by atoms with E-state index in [9.17, 15) is 0 Å². The molecule has 0 atom stereocenters. The van der Waals surface area contributed by atoms with Crippen LogP contribution >= 0.6 is 0 Å². The molecule has 0 radical (unpaired) electrons. The summed E-state index contributed by atoms with van der Waals surface area (Å²) in [5, 5.41) is 4.90. The first-order valence-electron chi connectivity index (χ1n) is 14.5. The number of ether oxygens (including phenoxy) is 1. The second-order valence-corrected chi connectivity index (χ2v) is 11.9. The third-order valence-corrected chi connectivity index (χ3v) is 9.18. The van der Waals surface area contributed by atoms with E-state index in [4.69, 9.17) is 4.74 Å². The first-order valence-corrected chi connectivity index (χ1v) is 14.5. The summed E-state index contributed by atoms with van der Waals surface area (Å²) in [6, 6.07) is 45.6. The number of nitrogens with one attached hydrogen (secondary N) is 1. The Kier molecular flexibility index (Phi) is 4.67. The van der Waals surface area contributed by atoms with Crippen LogP contribution in [0, 0.1) is 0 Å². The van der Waals surface area contributed by atoms with Crippen LogP contribution in [0.2, 0.25) is 0 Å². The van der Waals surface area contributed by atoms with Gasteiger partial charge in [-0.15, -0.1) is 0 Å². The number of aromatic nitrogens is 2. The van der Waals surface area contributed by atoms with E-state index in [1.165, 1.54) is 54.8 Å². The minimum absolute atomic E-state index is 0.302. The summed E-state index contributed by atoms with van der Waals surface area (Å²) >= 11 is 0. The largest absolute Gasteiger partial charge is 0.454 e. The molecule has 1 aliphatic heterocycles. The molecule has 0 amide bonds. The van der Waals surface area contributed by atoms with Crippen molar-refractivity contribution in [2.24, 2.45) is 0 Å². The number of aromatic amines is 1. The van der Waals surface area contributed by atoms with Gasteiger partial charge < -0.3 is 14.3 Å². The number of H-pyrrole nitrogens is 1. The molecule has 0 unspecified atom stereocenters. The number of rotatable bonds is 2. The van der Waals surface area contributed by atoms with Crippen molar-refractivity contribution in [1.82, 2.24) is 9.55 Å². The fourth-order valence-electron chi connectivity index (χ4n) is 7.17. The van der Waals surface area contributed by atoms with E-state index in [2.05, 4.69) is 151 Å². The Morgan fingerprint density at radius 2 is 1.29 bits per heavy atom. The lowest BCUT2D eigenvalue weighted by Crippen LogP contribution is -2.25. The summed E-state index contributed by atoms with van der Waals surface area (Å²) in [5.74, 6) is 1.84. The van der Waals surface area contributed by atoms with Gasteiger partial charge in [0.25, 0.3) is 0 Å². The van der Waals surface area contributed by atoms with Crippen molar-refractivity contribution in [2.75, 3.05) is 0 Å². The molecule has 0 fully saturated rings. The fourth-order valence-corrected chi connectivity index (χ4v) is 7.17. The van der Waals surface area contributed by atoms with Crippen LogP contribution < -0.4 is 4.74 Å². The molecule has 0 bridgehead atoms. The van der Waals surface area contributed by atoms with E-state index in [-0.39, 0.29) is 5.41 Å². The molecule has 2 aromatic heterocycles. The summed E-state index contributed by atoms with van der Waals surface area (Å²) in [4.78, 5) is 3.66. The van der Waals surface area contributed by atoms with Crippen molar-refractivity contribution in [2.45, 2.75) is 19.3 Å². The van der Waals surface area contributed by atoms with E-state index in [0.717, 1.165) is 28.2 Å². The number of fused-ring (bicyclic) bond motifs is 10. The highest BCUT2D eigenvalue weighted by Gasteiger charge is 2.38. The van der Waals surface area contributed by atoms with Crippen LogP contribution in [0.25, 0.3) is 60.4 Å². The minimum Gasteiger partial charge on any atom is -0.454 e. The maximum absolute atomic E-state index is 6.88.